The minimum atomic E-state index is -0.871. The molecule has 2 unspecified atom stereocenters. The van der Waals surface area contributed by atoms with Gasteiger partial charge in [0.2, 0.25) is 0 Å². The van der Waals surface area contributed by atoms with Crippen molar-refractivity contribution in [3.8, 4) is 0 Å². The van der Waals surface area contributed by atoms with Crippen LogP contribution in [0.2, 0.25) is 0 Å². The zero-order chi connectivity index (χ0) is 45.6. The summed E-state index contributed by atoms with van der Waals surface area (Å²) in [5, 5.41) is 9.66. The number of hydrogen-bond acceptors (Lipinski definition) is 6. The van der Waals surface area contributed by atoms with Crippen molar-refractivity contribution >= 4 is 17.9 Å². The molecule has 62 heavy (non-hydrogen) atoms. The second kappa shape index (κ2) is 45.6. The summed E-state index contributed by atoms with van der Waals surface area (Å²) in [5.74, 6) is -1.45. The molecule has 0 aliphatic rings. The van der Waals surface area contributed by atoms with Gasteiger partial charge in [-0.3, -0.25) is 9.59 Å². The van der Waals surface area contributed by atoms with Crippen LogP contribution in [0.4, 0.5) is 0 Å². The SMILES string of the molecule is CCCCCCCC/C=C\CCCCCCCCCC(=O)OC(COCCC(C(=O)O)[N+](C)(C)C)COC(=O)CCCCCCCCCCCCCCCCCCCCCCC. The Kier molecular flexibility index (Phi) is 44.2. The summed E-state index contributed by atoms with van der Waals surface area (Å²) < 4.78 is 17.4. The maximum atomic E-state index is 12.8. The standard InChI is InChI=1S/C54H103NO7/c1-6-8-10-12-14-16-18-20-22-24-25-26-27-29-30-32-34-36-38-40-42-44-52(56)61-49-50(48-60-47-46-51(54(58)59)55(3,4)5)62-53(57)45-43-41-39-37-35-33-31-28-23-21-19-17-15-13-11-9-7-2/h21,23,50-51H,6-20,22,24-49H2,1-5H3/p+1/b23-21-. The Morgan fingerprint density at radius 2 is 0.806 bits per heavy atom. The van der Waals surface area contributed by atoms with Crippen molar-refractivity contribution in [3.63, 3.8) is 0 Å². The van der Waals surface area contributed by atoms with Crippen molar-refractivity contribution in [2.24, 2.45) is 0 Å². The molecule has 2 atom stereocenters. The Labute approximate surface area is 384 Å². The third-order valence-electron chi connectivity index (χ3n) is 12.4. The van der Waals surface area contributed by atoms with Gasteiger partial charge >= 0.3 is 17.9 Å². The van der Waals surface area contributed by atoms with Crippen molar-refractivity contribution in [2.45, 2.75) is 276 Å². The Balaban J connectivity index is 4.17. The molecule has 1 N–H and O–H groups in total. The second-order valence-electron chi connectivity index (χ2n) is 19.5. The zero-order valence-corrected chi connectivity index (χ0v) is 41.9. The Morgan fingerprint density at radius 3 is 1.16 bits per heavy atom. The topological polar surface area (TPSA) is 99.1 Å². The highest BCUT2D eigenvalue weighted by Gasteiger charge is 2.31. The number of allylic oxidation sites excluding steroid dienone is 2. The van der Waals surface area contributed by atoms with Crippen molar-refractivity contribution < 1.29 is 38.2 Å². The molecule has 0 amide bonds. The summed E-state index contributed by atoms with van der Waals surface area (Å²) in [6, 6.07) is -0.612. The van der Waals surface area contributed by atoms with E-state index < -0.39 is 18.1 Å². The molecule has 0 aromatic heterocycles. The number of esters is 2. The van der Waals surface area contributed by atoms with Gasteiger partial charge in [0.15, 0.2) is 12.1 Å². The summed E-state index contributed by atoms with van der Waals surface area (Å²) in [5.41, 5.74) is 0. The van der Waals surface area contributed by atoms with E-state index in [1.807, 2.05) is 21.1 Å². The number of rotatable bonds is 49. The molecular weight excluding hydrogens is 775 g/mol. The van der Waals surface area contributed by atoms with Crippen LogP contribution in [0.3, 0.4) is 0 Å². The summed E-state index contributed by atoms with van der Waals surface area (Å²) in [7, 11) is 5.55. The molecule has 0 fully saturated rings. The summed E-state index contributed by atoms with van der Waals surface area (Å²) in [4.78, 5) is 37.2. The summed E-state index contributed by atoms with van der Waals surface area (Å²) in [6.07, 6.45) is 51.2. The number of carboxylic acids is 1. The first-order valence-electron chi connectivity index (χ1n) is 26.7. The zero-order valence-electron chi connectivity index (χ0n) is 41.9. The lowest BCUT2D eigenvalue weighted by atomic mass is 10.0. The lowest BCUT2D eigenvalue weighted by Crippen LogP contribution is -2.50. The van der Waals surface area contributed by atoms with Gasteiger partial charge in [-0.25, -0.2) is 4.79 Å². The van der Waals surface area contributed by atoms with Crippen LogP contribution < -0.4 is 0 Å². The van der Waals surface area contributed by atoms with E-state index in [4.69, 9.17) is 14.2 Å². The molecular formula is C54H104NO7+. The first kappa shape index (κ1) is 60.1. The smallest absolute Gasteiger partial charge is 0.362 e. The fourth-order valence-electron chi connectivity index (χ4n) is 8.27. The highest BCUT2D eigenvalue weighted by molar-refractivity contribution is 5.72. The Hall–Kier alpha value is -1.93. The van der Waals surface area contributed by atoms with E-state index in [2.05, 4.69) is 26.0 Å². The summed E-state index contributed by atoms with van der Waals surface area (Å²) in [6.45, 7) is 4.78. The predicted molar refractivity (Wildman–Crippen MR) is 262 cm³/mol. The largest absolute Gasteiger partial charge is 0.477 e. The van der Waals surface area contributed by atoms with Crippen LogP contribution in [-0.4, -0.2) is 80.6 Å². The normalized spacial score (nSPS) is 12.9. The number of hydrogen-bond donors (Lipinski definition) is 1. The second-order valence-corrected chi connectivity index (χ2v) is 19.5. The molecule has 0 saturated heterocycles. The number of likely N-dealkylation sites (N-methyl/N-ethyl adjacent to an activating group) is 1. The van der Waals surface area contributed by atoms with Gasteiger partial charge in [-0.05, 0) is 38.5 Å². The molecule has 0 spiro atoms. The van der Waals surface area contributed by atoms with E-state index in [0.717, 1.165) is 38.5 Å². The molecule has 0 aromatic rings. The van der Waals surface area contributed by atoms with E-state index in [9.17, 15) is 19.5 Å². The highest BCUT2D eigenvalue weighted by atomic mass is 16.6. The number of carboxylic acid groups (broad SMARTS) is 1. The lowest BCUT2D eigenvalue weighted by molar-refractivity contribution is -0.887. The molecule has 0 heterocycles. The highest BCUT2D eigenvalue weighted by Crippen LogP contribution is 2.17. The molecule has 0 radical (unpaired) electrons. The van der Waals surface area contributed by atoms with Crippen LogP contribution in [0, 0.1) is 0 Å². The van der Waals surface area contributed by atoms with Gasteiger partial charge in [0.25, 0.3) is 0 Å². The molecule has 366 valence electrons. The monoisotopic (exact) mass is 879 g/mol. The van der Waals surface area contributed by atoms with Crippen LogP contribution in [0.25, 0.3) is 0 Å². The van der Waals surface area contributed by atoms with Crippen molar-refractivity contribution in [2.75, 3.05) is 41.0 Å². The fourth-order valence-corrected chi connectivity index (χ4v) is 8.27. The predicted octanol–water partition coefficient (Wildman–Crippen LogP) is 15.4. The van der Waals surface area contributed by atoms with Gasteiger partial charge in [0, 0.05) is 19.3 Å². The molecule has 0 bridgehead atoms. The minimum Gasteiger partial charge on any atom is -0.477 e. The van der Waals surface area contributed by atoms with Crippen molar-refractivity contribution in [1.82, 2.24) is 0 Å². The first-order chi connectivity index (χ1) is 30.1. The van der Waals surface area contributed by atoms with E-state index in [1.54, 1.807) is 0 Å². The van der Waals surface area contributed by atoms with Crippen molar-refractivity contribution in [3.05, 3.63) is 12.2 Å². The molecule has 0 aromatic carbocycles. The van der Waals surface area contributed by atoms with E-state index in [0.29, 0.717) is 19.3 Å². The number of ether oxygens (including phenoxy) is 3. The van der Waals surface area contributed by atoms with Crippen LogP contribution >= 0.6 is 0 Å². The summed E-state index contributed by atoms with van der Waals surface area (Å²) >= 11 is 0. The van der Waals surface area contributed by atoms with Gasteiger partial charge in [-0.2, -0.15) is 0 Å². The van der Waals surface area contributed by atoms with E-state index in [-0.39, 0.29) is 36.2 Å². The number of aliphatic carboxylic acids is 1. The third-order valence-corrected chi connectivity index (χ3v) is 12.4. The average molecular weight is 879 g/mol. The van der Waals surface area contributed by atoms with Gasteiger partial charge in [0.05, 0.1) is 34.4 Å². The maximum Gasteiger partial charge on any atom is 0.362 e. The molecule has 0 saturated carbocycles. The number of unbranched alkanes of at least 4 members (excludes halogenated alkanes) is 33. The molecule has 8 nitrogen and oxygen atoms in total. The number of nitrogens with zero attached hydrogens (tertiary/aromatic N) is 1. The Bertz CT molecular complexity index is 1020. The van der Waals surface area contributed by atoms with Crippen LogP contribution in [0.5, 0.6) is 0 Å². The van der Waals surface area contributed by atoms with E-state index in [1.165, 1.54) is 193 Å². The molecule has 0 aliphatic heterocycles. The Morgan fingerprint density at radius 1 is 0.468 bits per heavy atom. The van der Waals surface area contributed by atoms with Crippen molar-refractivity contribution in [1.29, 1.82) is 0 Å². The lowest BCUT2D eigenvalue weighted by Gasteiger charge is -2.31. The molecule has 8 heteroatoms. The first-order valence-corrected chi connectivity index (χ1v) is 26.7. The van der Waals surface area contributed by atoms with Gasteiger partial charge in [-0.15, -0.1) is 0 Å². The van der Waals surface area contributed by atoms with Gasteiger partial charge < -0.3 is 23.8 Å². The quantitative estimate of drug-likeness (QED) is 0.0281. The molecule has 0 rings (SSSR count). The van der Waals surface area contributed by atoms with Gasteiger partial charge in [-0.1, -0.05) is 219 Å². The van der Waals surface area contributed by atoms with Crippen LogP contribution in [-0.2, 0) is 28.6 Å². The number of carbonyl (C=O) groups excluding carboxylic acids is 2. The fraction of sp³-hybridized carbons (Fsp3) is 0.907. The van der Waals surface area contributed by atoms with Gasteiger partial charge in [0.1, 0.15) is 6.61 Å². The maximum absolute atomic E-state index is 12.8. The minimum absolute atomic E-state index is 0.0459. The van der Waals surface area contributed by atoms with E-state index >= 15 is 0 Å². The third kappa shape index (κ3) is 43.3. The molecule has 0 aliphatic carbocycles. The number of quaternary nitrogens is 1. The average Bonchev–Trinajstić information content (AvgIpc) is 3.23. The number of carbonyl (C=O) groups is 3. The van der Waals surface area contributed by atoms with Crippen LogP contribution in [0.1, 0.15) is 264 Å². The van der Waals surface area contributed by atoms with Crippen LogP contribution in [0.15, 0.2) is 12.2 Å².